The van der Waals surface area contributed by atoms with Crippen molar-refractivity contribution in [1.29, 1.82) is 0 Å². The Morgan fingerprint density at radius 1 is 1.47 bits per heavy atom. The molecule has 1 saturated carbocycles. The molecule has 0 aromatic carbocycles. The lowest BCUT2D eigenvalue weighted by Crippen LogP contribution is -2.29. The molecule has 17 heavy (non-hydrogen) atoms. The van der Waals surface area contributed by atoms with Crippen molar-refractivity contribution in [2.45, 2.75) is 45.6 Å². The fourth-order valence-corrected chi connectivity index (χ4v) is 3.12. The lowest BCUT2D eigenvalue weighted by atomic mass is 9.77. The first-order valence-electron chi connectivity index (χ1n) is 6.35. The van der Waals surface area contributed by atoms with Crippen LogP contribution < -0.4 is 0 Å². The largest absolute Gasteiger partial charge is 0.393 e. The number of aliphatic hydroxyl groups excluding tert-OH is 1. The van der Waals surface area contributed by atoms with Gasteiger partial charge in [-0.25, -0.2) is 0 Å². The summed E-state index contributed by atoms with van der Waals surface area (Å²) in [6, 6.07) is 0. The van der Waals surface area contributed by atoms with Gasteiger partial charge in [0.25, 0.3) is 0 Å². The van der Waals surface area contributed by atoms with Crippen molar-refractivity contribution < 1.29 is 5.11 Å². The van der Waals surface area contributed by atoms with Crippen molar-refractivity contribution in [2.24, 2.45) is 18.9 Å². The lowest BCUT2D eigenvalue weighted by Gasteiger charge is -2.31. The Morgan fingerprint density at radius 2 is 2.18 bits per heavy atom. The minimum absolute atomic E-state index is 0.179. The molecule has 1 heterocycles. The molecule has 1 aromatic heterocycles. The summed E-state index contributed by atoms with van der Waals surface area (Å²) in [4.78, 5) is 0. The molecule has 0 amide bonds. The maximum Gasteiger partial charge on any atom is 0.130 e. The Morgan fingerprint density at radius 3 is 2.76 bits per heavy atom. The summed E-state index contributed by atoms with van der Waals surface area (Å²) in [6.45, 7) is 4.25. The highest BCUT2D eigenvalue weighted by atomic mass is 35.5. The SMILES string of the molecule is Cc1nn(C)c(Cl)c1CC1CC(C)CCC1O. The van der Waals surface area contributed by atoms with Gasteiger partial charge in [0, 0.05) is 12.6 Å². The van der Waals surface area contributed by atoms with E-state index in [-0.39, 0.29) is 6.10 Å². The third-order valence-electron chi connectivity index (χ3n) is 3.94. The lowest BCUT2D eigenvalue weighted by molar-refractivity contribution is 0.0519. The van der Waals surface area contributed by atoms with E-state index in [1.165, 1.54) is 0 Å². The Labute approximate surface area is 108 Å². The standard InChI is InChI=1S/C13H21ClN2O/c1-8-4-5-12(17)10(6-8)7-11-9(2)15-16(3)13(11)14/h8,10,12,17H,4-7H2,1-3H3. The summed E-state index contributed by atoms with van der Waals surface area (Å²) >= 11 is 6.24. The highest BCUT2D eigenvalue weighted by molar-refractivity contribution is 6.30. The average Bonchev–Trinajstić information content (AvgIpc) is 2.50. The molecule has 0 saturated heterocycles. The van der Waals surface area contributed by atoms with E-state index < -0.39 is 0 Å². The Bertz CT molecular complexity index is 402. The molecule has 0 radical (unpaired) electrons. The molecule has 1 aromatic rings. The smallest absolute Gasteiger partial charge is 0.130 e. The number of halogens is 1. The molecular weight excluding hydrogens is 236 g/mol. The van der Waals surface area contributed by atoms with E-state index in [2.05, 4.69) is 12.0 Å². The van der Waals surface area contributed by atoms with Crippen molar-refractivity contribution in [3.05, 3.63) is 16.4 Å². The number of rotatable bonds is 2. The summed E-state index contributed by atoms with van der Waals surface area (Å²) in [5.41, 5.74) is 2.09. The average molecular weight is 257 g/mol. The zero-order valence-corrected chi connectivity index (χ0v) is 11.5. The van der Waals surface area contributed by atoms with Gasteiger partial charge in [0.1, 0.15) is 5.15 Å². The van der Waals surface area contributed by atoms with Gasteiger partial charge in [-0.2, -0.15) is 5.10 Å². The molecular formula is C13H21ClN2O. The molecule has 3 atom stereocenters. The fourth-order valence-electron chi connectivity index (χ4n) is 2.87. The van der Waals surface area contributed by atoms with Crippen molar-refractivity contribution in [3.8, 4) is 0 Å². The van der Waals surface area contributed by atoms with Crippen LogP contribution in [0.2, 0.25) is 5.15 Å². The summed E-state index contributed by atoms with van der Waals surface area (Å²) in [6.07, 6.45) is 3.82. The Hall–Kier alpha value is -0.540. The molecule has 2 rings (SSSR count). The number of aliphatic hydroxyl groups is 1. The second kappa shape index (κ2) is 4.99. The van der Waals surface area contributed by atoms with Crippen LogP contribution in [0.25, 0.3) is 0 Å². The van der Waals surface area contributed by atoms with Crippen LogP contribution in [0.1, 0.15) is 37.4 Å². The predicted molar refractivity (Wildman–Crippen MR) is 69.2 cm³/mol. The first kappa shape index (κ1) is 12.9. The number of aryl methyl sites for hydroxylation is 2. The molecule has 4 heteroatoms. The first-order chi connectivity index (χ1) is 7.99. The fraction of sp³-hybridized carbons (Fsp3) is 0.769. The van der Waals surface area contributed by atoms with Gasteiger partial charge in [-0.05, 0) is 44.4 Å². The van der Waals surface area contributed by atoms with E-state index in [9.17, 15) is 5.11 Å². The normalized spacial score (nSPS) is 29.6. The molecule has 0 spiro atoms. The van der Waals surface area contributed by atoms with Gasteiger partial charge in [0.2, 0.25) is 0 Å². The Balaban J connectivity index is 2.14. The van der Waals surface area contributed by atoms with E-state index in [1.807, 2.05) is 14.0 Å². The van der Waals surface area contributed by atoms with Crippen molar-refractivity contribution in [1.82, 2.24) is 9.78 Å². The molecule has 1 fully saturated rings. The van der Waals surface area contributed by atoms with Crippen LogP contribution >= 0.6 is 11.6 Å². The third kappa shape index (κ3) is 2.66. The molecule has 3 nitrogen and oxygen atoms in total. The summed E-state index contributed by atoms with van der Waals surface area (Å²) in [7, 11) is 1.86. The highest BCUT2D eigenvalue weighted by Gasteiger charge is 2.28. The van der Waals surface area contributed by atoms with Crippen LogP contribution in [-0.4, -0.2) is 21.0 Å². The molecule has 0 aliphatic heterocycles. The number of hydrogen-bond donors (Lipinski definition) is 1. The topological polar surface area (TPSA) is 38.0 Å². The van der Waals surface area contributed by atoms with Crippen LogP contribution in [0.3, 0.4) is 0 Å². The van der Waals surface area contributed by atoms with Gasteiger partial charge < -0.3 is 5.11 Å². The van der Waals surface area contributed by atoms with Gasteiger partial charge in [-0.3, -0.25) is 4.68 Å². The maximum absolute atomic E-state index is 10.1. The van der Waals surface area contributed by atoms with Gasteiger partial charge in [-0.15, -0.1) is 0 Å². The van der Waals surface area contributed by atoms with E-state index in [0.717, 1.165) is 36.9 Å². The quantitative estimate of drug-likeness (QED) is 0.884. The van der Waals surface area contributed by atoms with Gasteiger partial charge in [0.05, 0.1) is 11.8 Å². The number of nitrogens with zero attached hydrogens (tertiary/aromatic N) is 2. The number of aromatic nitrogens is 2. The van der Waals surface area contributed by atoms with E-state index in [0.29, 0.717) is 17.0 Å². The first-order valence-corrected chi connectivity index (χ1v) is 6.73. The summed E-state index contributed by atoms with van der Waals surface area (Å²) in [5, 5.41) is 15.1. The Kier molecular flexibility index (Phi) is 3.79. The van der Waals surface area contributed by atoms with Crippen molar-refractivity contribution in [3.63, 3.8) is 0 Å². The minimum atomic E-state index is -0.179. The molecule has 1 aliphatic carbocycles. The van der Waals surface area contributed by atoms with Crippen molar-refractivity contribution in [2.75, 3.05) is 0 Å². The van der Waals surface area contributed by atoms with E-state index in [1.54, 1.807) is 4.68 Å². The zero-order chi connectivity index (χ0) is 12.6. The van der Waals surface area contributed by atoms with E-state index in [4.69, 9.17) is 11.6 Å². The molecule has 96 valence electrons. The predicted octanol–water partition coefficient (Wildman–Crippen LogP) is 2.72. The molecule has 1 aliphatic rings. The van der Waals surface area contributed by atoms with Crippen LogP contribution in [0.5, 0.6) is 0 Å². The molecule has 0 bridgehead atoms. The third-order valence-corrected chi connectivity index (χ3v) is 4.41. The minimum Gasteiger partial charge on any atom is -0.393 e. The van der Waals surface area contributed by atoms with Gasteiger partial charge >= 0.3 is 0 Å². The van der Waals surface area contributed by atoms with E-state index >= 15 is 0 Å². The molecule has 1 N–H and O–H groups in total. The second-order valence-electron chi connectivity index (χ2n) is 5.43. The highest BCUT2D eigenvalue weighted by Crippen LogP contribution is 2.33. The van der Waals surface area contributed by atoms with Crippen LogP contribution in [0, 0.1) is 18.8 Å². The summed E-state index contributed by atoms with van der Waals surface area (Å²) in [5.74, 6) is 1.04. The molecule has 3 unspecified atom stereocenters. The second-order valence-corrected chi connectivity index (χ2v) is 5.79. The van der Waals surface area contributed by atoms with Gasteiger partial charge in [-0.1, -0.05) is 18.5 Å². The van der Waals surface area contributed by atoms with Gasteiger partial charge in [0.15, 0.2) is 0 Å². The number of hydrogen-bond acceptors (Lipinski definition) is 2. The van der Waals surface area contributed by atoms with Crippen LogP contribution in [0.15, 0.2) is 0 Å². The maximum atomic E-state index is 10.1. The summed E-state index contributed by atoms with van der Waals surface area (Å²) < 4.78 is 1.71. The van der Waals surface area contributed by atoms with Crippen LogP contribution in [0.4, 0.5) is 0 Å². The van der Waals surface area contributed by atoms with Crippen LogP contribution in [-0.2, 0) is 13.5 Å². The van der Waals surface area contributed by atoms with Crippen molar-refractivity contribution >= 4 is 11.6 Å². The monoisotopic (exact) mass is 256 g/mol. The zero-order valence-electron chi connectivity index (χ0n) is 10.8.